The van der Waals surface area contributed by atoms with Gasteiger partial charge >= 0.3 is 0 Å². The fraction of sp³-hybridized carbons (Fsp3) is 0.250. The molecule has 1 aliphatic carbocycles. The minimum atomic E-state index is 0.337. The van der Waals surface area contributed by atoms with Gasteiger partial charge in [-0.25, -0.2) is 0 Å². The van der Waals surface area contributed by atoms with E-state index in [2.05, 4.69) is 30.3 Å². The molecule has 0 fully saturated rings. The van der Waals surface area contributed by atoms with Gasteiger partial charge in [0.25, 0.3) is 0 Å². The van der Waals surface area contributed by atoms with Gasteiger partial charge in [-0.1, -0.05) is 78.9 Å². The van der Waals surface area contributed by atoms with Crippen LogP contribution in [0.2, 0.25) is 0 Å². The highest BCUT2D eigenvalue weighted by Crippen LogP contribution is 2.35. The number of hydrogen-bond acceptors (Lipinski definition) is 4. The highest BCUT2D eigenvalue weighted by atomic mass is 16.5. The Bertz CT molecular complexity index is 1270. The molecule has 5 rings (SSSR count). The molecule has 1 aliphatic rings. The minimum absolute atomic E-state index is 0.337. The van der Waals surface area contributed by atoms with Crippen LogP contribution in [0.3, 0.4) is 0 Å². The lowest BCUT2D eigenvalue weighted by atomic mass is 9.92. The Morgan fingerprint density at radius 1 is 0.583 bits per heavy atom. The molecule has 0 amide bonds. The van der Waals surface area contributed by atoms with E-state index in [1.807, 2.05) is 55.5 Å². The van der Waals surface area contributed by atoms with Gasteiger partial charge < -0.3 is 19.7 Å². The Morgan fingerprint density at radius 2 is 1.03 bits per heavy atom. The maximum Gasteiger partial charge on any atom is 0.126 e. The van der Waals surface area contributed by atoms with Crippen LogP contribution < -0.4 is 4.74 Å². The zero-order valence-electron chi connectivity index (χ0n) is 20.7. The molecule has 4 heteroatoms. The summed E-state index contributed by atoms with van der Waals surface area (Å²) in [5, 5.41) is 22.4. The topological polar surface area (TPSA) is 58.9 Å². The molecule has 4 aromatic rings. The van der Waals surface area contributed by atoms with E-state index >= 15 is 0 Å². The number of fused-ring (bicyclic) bond motifs is 8. The highest BCUT2D eigenvalue weighted by molar-refractivity contribution is 5.53. The predicted molar refractivity (Wildman–Crippen MR) is 142 cm³/mol. The SMILES string of the molecule is CCOCCOc1c2cccc1Cc1cccc(c1O)Cc1cccc(c1)Cc1cccc(c1O)C2. The van der Waals surface area contributed by atoms with Crippen LogP contribution in [0.15, 0.2) is 78.9 Å². The van der Waals surface area contributed by atoms with E-state index in [0.717, 1.165) is 50.3 Å². The Kier molecular flexibility index (Phi) is 7.24. The summed E-state index contributed by atoms with van der Waals surface area (Å²) >= 11 is 0. The highest BCUT2D eigenvalue weighted by Gasteiger charge is 2.17. The number of hydrogen-bond donors (Lipinski definition) is 2. The van der Waals surface area contributed by atoms with Crippen molar-refractivity contribution in [1.29, 1.82) is 0 Å². The summed E-state index contributed by atoms with van der Waals surface area (Å²) < 4.78 is 11.8. The largest absolute Gasteiger partial charge is 0.507 e. The number of benzene rings is 4. The molecule has 0 aromatic heterocycles. The molecule has 4 aromatic carbocycles. The van der Waals surface area contributed by atoms with Crippen LogP contribution >= 0.6 is 0 Å². The lowest BCUT2D eigenvalue weighted by Crippen LogP contribution is -2.10. The first-order chi connectivity index (χ1) is 17.6. The molecule has 0 atom stereocenters. The lowest BCUT2D eigenvalue weighted by molar-refractivity contribution is 0.109. The van der Waals surface area contributed by atoms with E-state index in [1.54, 1.807) is 0 Å². The molecule has 0 spiro atoms. The van der Waals surface area contributed by atoms with E-state index in [0.29, 0.717) is 57.0 Å². The number of rotatable bonds is 5. The fourth-order valence-corrected chi connectivity index (χ4v) is 5.01. The van der Waals surface area contributed by atoms with Crippen molar-refractivity contribution in [2.24, 2.45) is 0 Å². The Balaban J connectivity index is 1.63. The quantitative estimate of drug-likeness (QED) is 0.295. The average Bonchev–Trinajstić information content (AvgIpc) is 2.87. The van der Waals surface area contributed by atoms with Crippen molar-refractivity contribution >= 4 is 0 Å². The van der Waals surface area contributed by atoms with Gasteiger partial charge in [0.1, 0.15) is 23.9 Å². The molecule has 184 valence electrons. The van der Waals surface area contributed by atoms with Gasteiger partial charge in [0.05, 0.1) is 6.61 Å². The predicted octanol–water partition coefficient (Wildman–Crippen LogP) is 6.19. The van der Waals surface area contributed by atoms with Crippen LogP contribution in [0.5, 0.6) is 17.2 Å². The molecule has 0 heterocycles. The first kappa shape index (κ1) is 24.0. The minimum Gasteiger partial charge on any atom is -0.507 e. The van der Waals surface area contributed by atoms with Crippen molar-refractivity contribution < 1.29 is 19.7 Å². The summed E-state index contributed by atoms with van der Waals surface area (Å²) in [5.74, 6) is 1.47. The number of phenols is 2. The van der Waals surface area contributed by atoms with Gasteiger partial charge in [0, 0.05) is 32.3 Å². The zero-order chi connectivity index (χ0) is 24.9. The smallest absolute Gasteiger partial charge is 0.126 e. The second-order valence-electron chi connectivity index (χ2n) is 9.33. The third-order valence-electron chi connectivity index (χ3n) is 6.80. The fourth-order valence-electron chi connectivity index (χ4n) is 5.01. The standard InChI is InChI=1S/C32H32O4/c1-2-35-15-16-36-32-28-13-6-14-29(32)21-27-12-5-10-25(31(27)34)19-23-8-3-7-22(17-23)18-24-9-4-11-26(20-28)30(24)33/h3-14,17,33-34H,2,15-16,18-21H2,1H3. The van der Waals surface area contributed by atoms with E-state index in [-0.39, 0.29) is 0 Å². The van der Waals surface area contributed by atoms with E-state index in [4.69, 9.17) is 9.47 Å². The van der Waals surface area contributed by atoms with Crippen LogP contribution in [0.4, 0.5) is 0 Å². The van der Waals surface area contributed by atoms with Gasteiger partial charge in [-0.2, -0.15) is 0 Å². The summed E-state index contributed by atoms with van der Waals surface area (Å²) in [6, 6.07) is 26.5. The van der Waals surface area contributed by atoms with Gasteiger partial charge in [-0.3, -0.25) is 0 Å². The normalized spacial score (nSPS) is 12.8. The molecule has 36 heavy (non-hydrogen) atoms. The first-order valence-corrected chi connectivity index (χ1v) is 12.6. The molecule has 0 radical (unpaired) electrons. The molecule has 4 nitrogen and oxygen atoms in total. The zero-order valence-corrected chi connectivity index (χ0v) is 20.7. The van der Waals surface area contributed by atoms with Crippen LogP contribution in [-0.4, -0.2) is 30.0 Å². The third kappa shape index (κ3) is 5.24. The Hall–Kier alpha value is -3.76. The lowest BCUT2D eigenvalue weighted by Gasteiger charge is -2.19. The second-order valence-corrected chi connectivity index (χ2v) is 9.33. The Labute approximate surface area is 212 Å². The molecule has 0 aliphatic heterocycles. The summed E-state index contributed by atoms with van der Waals surface area (Å²) in [5.41, 5.74) is 7.80. The van der Waals surface area contributed by atoms with Gasteiger partial charge in [0.2, 0.25) is 0 Å². The number of phenolic OH excluding ortho intramolecular Hbond substituents is 2. The number of aromatic hydroxyl groups is 2. The molecule has 0 saturated heterocycles. The second kappa shape index (κ2) is 10.9. The van der Waals surface area contributed by atoms with E-state index in [1.165, 1.54) is 0 Å². The first-order valence-electron chi connectivity index (χ1n) is 12.6. The summed E-state index contributed by atoms with van der Waals surface area (Å²) in [6.07, 6.45) is 2.36. The summed E-state index contributed by atoms with van der Waals surface area (Å²) in [6.45, 7) is 3.55. The van der Waals surface area contributed by atoms with Crippen LogP contribution in [-0.2, 0) is 30.4 Å². The van der Waals surface area contributed by atoms with Crippen LogP contribution in [0.1, 0.15) is 51.4 Å². The maximum atomic E-state index is 11.2. The monoisotopic (exact) mass is 480 g/mol. The van der Waals surface area contributed by atoms with Crippen molar-refractivity contribution in [3.8, 4) is 17.2 Å². The average molecular weight is 481 g/mol. The number of ether oxygens (including phenoxy) is 2. The van der Waals surface area contributed by atoms with Crippen molar-refractivity contribution in [2.45, 2.75) is 32.6 Å². The number of para-hydroxylation sites is 3. The summed E-state index contributed by atoms with van der Waals surface area (Å²) in [7, 11) is 0. The van der Waals surface area contributed by atoms with E-state index in [9.17, 15) is 10.2 Å². The molecular formula is C32H32O4. The summed E-state index contributed by atoms with van der Waals surface area (Å²) in [4.78, 5) is 0. The molecule has 8 bridgehead atoms. The van der Waals surface area contributed by atoms with Gasteiger partial charge in [-0.15, -0.1) is 0 Å². The van der Waals surface area contributed by atoms with Crippen molar-refractivity contribution in [1.82, 2.24) is 0 Å². The van der Waals surface area contributed by atoms with E-state index < -0.39 is 0 Å². The third-order valence-corrected chi connectivity index (χ3v) is 6.80. The van der Waals surface area contributed by atoms with Crippen molar-refractivity contribution in [3.63, 3.8) is 0 Å². The molecule has 0 unspecified atom stereocenters. The molecule has 2 N–H and O–H groups in total. The van der Waals surface area contributed by atoms with Crippen molar-refractivity contribution in [3.05, 3.63) is 123 Å². The molecule has 0 saturated carbocycles. The molecular weight excluding hydrogens is 448 g/mol. The maximum absolute atomic E-state index is 11.2. The van der Waals surface area contributed by atoms with Gasteiger partial charge in [-0.05, 0) is 51.4 Å². The van der Waals surface area contributed by atoms with Crippen LogP contribution in [0.25, 0.3) is 0 Å². The van der Waals surface area contributed by atoms with Crippen LogP contribution in [0, 0.1) is 0 Å². The van der Waals surface area contributed by atoms with Gasteiger partial charge in [0.15, 0.2) is 0 Å². The Morgan fingerprint density at radius 3 is 1.53 bits per heavy atom. The van der Waals surface area contributed by atoms with Crippen molar-refractivity contribution in [2.75, 3.05) is 19.8 Å².